The molecule has 0 unspecified atom stereocenters. The van der Waals surface area contributed by atoms with Crippen molar-refractivity contribution in [3.05, 3.63) is 11.0 Å². The fourth-order valence-electron chi connectivity index (χ4n) is 0.951. The average molecular weight is 199 g/mol. The number of amidine groups is 1. The monoisotopic (exact) mass is 199 g/mol. The number of thioether (sulfide) groups is 1. The van der Waals surface area contributed by atoms with Crippen LogP contribution in [-0.2, 0) is 0 Å². The highest BCUT2D eigenvalue weighted by atomic mass is 32.2. The van der Waals surface area contributed by atoms with Crippen molar-refractivity contribution in [2.75, 3.05) is 41.3 Å². The van der Waals surface area contributed by atoms with Gasteiger partial charge in [-0.2, -0.15) is 0 Å². The van der Waals surface area contributed by atoms with Crippen molar-refractivity contribution < 1.29 is 0 Å². The molecule has 0 spiro atoms. The van der Waals surface area contributed by atoms with Gasteiger partial charge < -0.3 is 9.80 Å². The molecule has 1 rings (SSSR count). The summed E-state index contributed by atoms with van der Waals surface area (Å²) in [6, 6.07) is 0. The van der Waals surface area contributed by atoms with Crippen molar-refractivity contribution in [3.63, 3.8) is 0 Å². The van der Waals surface area contributed by atoms with E-state index in [-0.39, 0.29) is 0 Å². The molecular formula is C9H17N3S. The number of likely N-dealkylation sites (N-methyl/N-ethyl adjacent to an activating group) is 1. The Morgan fingerprint density at radius 2 is 2.08 bits per heavy atom. The van der Waals surface area contributed by atoms with Gasteiger partial charge >= 0.3 is 0 Å². The van der Waals surface area contributed by atoms with Crippen molar-refractivity contribution in [3.8, 4) is 0 Å². The topological polar surface area (TPSA) is 18.8 Å². The van der Waals surface area contributed by atoms with E-state index in [1.807, 2.05) is 14.1 Å². The van der Waals surface area contributed by atoms with Crippen molar-refractivity contribution >= 4 is 16.9 Å². The summed E-state index contributed by atoms with van der Waals surface area (Å²) in [5, 5.41) is 1.12. The first-order chi connectivity index (χ1) is 6.09. The Balaban J connectivity index is 2.41. The first-order valence-corrected chi connectivity index (χ1v) is 5.14. The van der Waals surface area contributed by atoms with Gasteiger partial charge in [-0.15, -0.1) is 0 Å². The van der Waals surface area contributed by atoms with E-state index in [2.05, 4.69) is 35.0 Å². The lowest BCUT2D eigenvalue weighted by Crippen LogP contribution is -2.16. The molecule has 0 N–H and O–H groups in total. The lowest BCUT2D eigenvalue weighted by Gasteiger charge is -2.09. The lowest BCUT2D eigenvalue weighted by molar-refractivity contribution is 0.456. The zero-order valence-corrected chi connectivity index (χ0v) is 9.56. The van der Waals surface area contributed by atoms with Gasteiger partial charge in [-0.1, -0.05) is 17.8 Å². The Kier molecular flexibility index (Phi) is 3.81. The third-order valence-corrected chi connectivity index (χ3v) is 2.89. The molecule has 0 aromatic rings. The molecule has 13 heavy (non-hydrogen) atoms. The minimum Gasteiger partial charge on any atom is -0.357 e. The van der Waals surface area contributed by atoms with E-state index in [1.54, 1.807) is 11.8 Å². The second-order valence-electron chi connectivity index (χ2n) is 3.53. The summed E-state index contributed by atoms with van der Waals surface area (Å²) >= 11 is 1.77. The van der Waals surface area contributed by atoms with Crippen LogP contribution >= 0.6 is 11.8 Å². The van der Waals surface area contributed by atoms with Crippen LogP contribution in [0.4, 0.5) is 0 Å². The summed E-state index contributed by atoms with van der Waals surface area (Å²) in [5.41, 5.74) is 0. The largest absolute Gasteiger partial charge is 0.357 e. The van der Waals surface area contributed by atoms with Crippen molar-refractivity contribution in [2.45, 2.75) is 0 Å². The summed E-state index contributed by atoms with van der Waals surface area (Å²) < 4.78 is 0. The molecule has 1 heterocycles. The first-order valence-electron chi connectivity index (χ1n) is 4.33. The molecule has 0 fully saturated rings. The molecule has 0 amide bonds. The summed E-state index contributed by atoms with van der Waals surface area (Å²) in [5.74, 6) is 0. The molecule has 0 aromatic carbocycles. The Morgan fingerprint density at radius 3 is 2.54 bits per heavy atom. The highest BCUT2D eigenvalue weighted by Gasteiger charge is 2.13. The van der Waals surface area contributed by atoms with Gasteiger partial charge in [-0.25, -0.2) is 0 Å². The SMILES string of the molecule is CN(C)CC=C1CN=C(N(C)C)S1. The minimum atomic E-state index is 0.853. The van der Waals surface area contributed by atoms with E-state index < -0.39 is 0 Å². The van der Waals surface area contributed by atoms with Gasteiger partial charge in [-0.05, 0) is 14.1 Å². The molecule has 74 valence electrons. The van der Waals surface area contributed by atoms with Crippen LogP contribution in [0.3, 0.4) is 0 Å². The smallest absolute Gasteiger partial charge is 0.163 e. The van der Waals surface area contributed by atoms with Gasteiger partial charge in [0.1, 0.15) is 0 Å². The predicted molar refractivity (Wildman–Crippen MR) is 60.2 cm³/mol. The van der Waals surface area contributed by atoms with Crippen molar-refractivity contribution in [2.24, 2.45) is 4.99 Å². The third-order valence-electron chi connectivity index (χ3n) is 1.66. The van der Waals surface area contributed by atoms with Crippen LogP contribution in [0.5, 0.6) is 0 Å². The Labute approximate surface area is 84.5 Å². The van der Waals surface area contributed by atoms with Crippen molar-refractivity contribution in [1.29, 1.82) is 0 Å². The second kappa shape index (κ2) is 4.67. The standard InChI is InChI=1S/C9H17N3S/c1-11(2)6-5-8-7-10-9(13-8)12(3)4/h5H,6-7H2,1-4H3. The molecule has 0 radical (unpaired) electrons. The molecule has 3 nitrogen and oxygen atoms in total. The van der Waals surface area contributed by atoms with Gasteiger partial charge in [0.2, 0.25) is 0 Å². The predicted octanol–water partition coefficient (Wildman–Crippen LogP) is 1.10. The maximum Gasteiger partial charge on any atom is 0.163 e. The molecular weight excluding hydrogens is 182 g/mol. The van der Waals surface area contributed by atoms with E-state index in [1.165, 1.54) is 4.91 Å². The normalized spacial score (nSPS) is 19.8. The molecule has 0 saturated heterocycles. The number of hydrogen-bond donors (Lipinski definition) is 0. The molecule has 1 aliphatic rings. The fraction of sp³-hybridized carbons (Fsp3) is 0.667. The highest BCUT2D eigenvalue weighted by molar-refractivity contribution is 8.17. The quantitative estimate of drug-likeness (QED) is 0.663. The summed E-state index contributed by atoms with van der Waals surface area (Å²) in [6.45, 7) is 1.85. The zero-order valence-electron chi connectivity index (χ0n) is 8.74. The maximum absolute atomic E-state index is 4.41. The van der Waals surface area contributed by atoms with Crippen molar-refractivity contribution in [1.82, 2.24) is 9.80 Å². The van der Waals surface area contributed by atoms with E-state index in [9.17, 15) is 0 Å². The van der Waals surface area contributed by atoms with E-state index >= 15 is 0 Å². The molecule has 0 atom stereocenters. The molecule has 0 saturated carbocycles. The number of hydrogen-bond acceptors (Lipinski definition) is 4. The summed E-state index contributed by atoms with van der Waals surface area (Å²) in [4.78, 5) is 9.98. The maximum atomic E-state index is 4.41. The molecule has 1 aliphatic heterocycles. The van der Waals surface area contributed by atoms with E-state index in [4.69, 9.17) is 0 Å². The van der Waals surface area contributed by atoms with Gasteiger partial charge in [0.25, 0.3) is 0 Å². The summed E-state index contributed by atoms with van der Waals surface area (Å²) in [7, 11) is 8.20. The minimum absolute atomic E-state index is 0.853. The molecule has 0 aromatic heterocycles. The van der Waals surface area contributed by atoms with E-state index in [0.29, 0.717) is 0 Å². The molecule has 0 bridgehead atoms. The Bertz CT molecular complexity index is 231. The van der Waals surface area contributed by atoms with Crippen LogP contribution in [0.1, 0.15) is 0 Å². The Morgan fingerprint density at radius 1 is 1.38 bits per heavy atom. The van der Waals surface area contributed by atoms with Gasteiger partial charge in [0, 0.05) is 25.5 Å². The Hall–Kier alpha value is -0.480. The van der Waals surface area contributed by atoms with Crippen LogP contribution in [-0.4, -0.2) is 56.2 Å². The molecule has 0 aliphatic carbocycles. The van der Waals surface area contributed by atoms with Crippen LogP contribution in [0, 0.1) is 0 Å². The molecule has 4 heteroatoms. The number of aliphatic imine (C=N–C) groups is 1. The number of nitrogens with zero attached hydrogens (tertiary/aromatic N) is 3. The van der Waals surface area contributed by atoms with Gasteiger partial charge in [-0.3, -0.25) is 4.99 Å². The van der Waals surface area contributed by atoms with Gasteiger partial charge in [0.15, 0.2) is 5.17 Å². The highest BCUT2D eigenvalue weighted by Crippen LogP contribution is 2.25. The zero-order chi connectivity index (χ0) is 9.84. The fourth-order valence-corrected chi connectivity index (χ4v) is 1.78. The van der Waals surface area contributed by atoms with Crippen LogP contribution < -0.4 is 0 Å². The average Bonchev–Trinajstić information content (AvgIpc) is 2.48. The van der Waals surface area contributed by atoms with E-state index in [0.717, 1.165) is 18.3 Å². The second-order valence-corrected chi connectivity index (χ2v) is 4.62. The first kappa shape index (κ1) is 10.6. The third kappa shape index (κ3) is 3.40. The van der Waals surface area contributed by atoms with Crippen LogP contribution in [0.25, 0.3) is 0 Å². The lowest BCUT2D eigenvalue weighted by atomic mass is 10.4. The van der Waals surface area contributed by atoms with Gasteiger partial charge in [0.05, 0.1) is 6.54 Å². The van der Waals surface area contributed by atoms with Crippen LogP contribution in [0.15, 0.2) is 16.0 Å². The van der Waals surface area contributed by atoms with Crippen LogP contribution in [0.2, 0.25) is 0 Å². The number of rotatable bonds is 2. The summed E-state index contributed by atoms with van der Waals surface area (Å²) in [6.07, 6.45) is 2.24.